The van der Waals surface area contributed by atoms with Gasteiger partial charge in [0.1, 0.15) is 6.04 Å². The summed E-state index contributed by atoms with van der Waals surface area (Å²) in [7, 11) is 0. The number of nitrogens with one attached hydrogen (secondary N) is 1. The van der Waals surface area contributed by atoms with Crippen LogP contribution in [-0.4, -0.2) is 45.3 Å². The van der Waals surface area contributed by atoms with Crippen LogP contribution in [0, 0.1) is 0 Å². The van der Waals surface area contributed by atoms with Gasteiger partial charge in [-0.1, -0.05) is 40.8 Å². The normalized spacial score (nSPS) is 17.1. The Morgan fingerprint density at radius 2 is 2.23 bits per heavy atom. The number of amides is 2. The Kier molecular flexibility index (Phi) is 6.33. The summed E-state index contributed by atoms with van der Waals surface area (Å²) in [5.74, 6) is -0.333. The van der Waals surface area contributed by atoms with Crippen LogP contribution in [0.15, 0.2) is 28.6 Å². The van der Waals surface area contributed by atoms with Gasteiger partial charge in [0, 0.05) is 17.3 Å². The first-order valence-electron chi connectivity index (χ1n) is 8.10. The lowest BCUT2D eigenvalue weighted by Crippen LogP contribution is -2.51. The van der Waals surface area contributed by atoms with Crippen molar-refractivity contribution in [2.75, 3.05) is 17.6 Å². The van der Waals surface area contributed by atoms with Crippen LogP contribution in [0.2, 0.25) is 5.02 Å². The smallest absolute Gasteiger partial charge is 0.240 e. The molecule has 3 N–H and O–H groups in total. The molecular weight excluding hydrogens is 394 g/mol. The first-order chi connectivity index (χ1) is 12.5. The number of nitrogens with two attached hydrogens (primary N) is 1. The van der Waals surface area contributed by atoms with Gasteiger partial charge in [0.25, 0.3) is 0 Å². The summed E-state index contributed by atoms with van der Waals surface area (Å²) >= 11 is 8.62. The molecule has 0 radical (unpaired) electrons. The number of anilines is 2. The lowest BCUT2D eigenvalue weighted by molar-refractivity contribution is -0.138. The summed E-state index contributed by atoms with van der Waals surface area (Å²) in [6, 6.07) is 6.81. The molecule has 0 bridgehead atoms. The molecule has 0 aliphatic carbocycles. The molecule has 26 heavy (non-hydrogen) atoms. The molecular formula is C16H18ClN5O2S2. The number of hydrogen-bond donors (Lipinski definition) is 2. The fraction of sp³-hybridized carbons (Fsp3) is 0.375. The molecule has 2 aromatic rings. The summed E-state index contributed by atoms with van der Waals surface area (Å²) in [4.78, 5) is 25.6. The Bertz CT molecular complexity index is 800. The van der Waals surface area contributed by atoms with E-state index in [0.29, 0.717) is 27.5 Å². The molecule has 1 aliphatic rings. The molecule has 1 aromatic carbocycles. The highest BCUT2D eigenvalue weighted by atomic mass is 35.5. The third-order valence-electron chi connectivity index (χ3n) is 3.95. The monoisotopic (exact) mass is 411 g/mol. The third kappa shape index (κ3) is 4.87. The van der Waals surface area contributed by atoms with Crippen molar-refractivity contribution < 1.29 is 9.59 Å². The summed E-state index contributed by atoms with van der Waals surface area (Å²) < 4.78 is 0.676. The number of rotatable bonds is 6. The van der Waals surface area contributed by atoms with Crippen LogP contribution in [0.5, 0.6) is 0 Å². The van der Waals surface area contributed by atoms with E-state index in [2.05, 4.69) is 15.5 Å². The molecule has 1 atom stereocenters. The van der Waals surface area contributed by atoms with Crippen LogP contribution in [0.4, 0.5) is 10.8 Å². The zero-order chi connectivity index (χ0) is 18.5. The summed E-state index contributed by atoms with van der Waals surface area (Å²) in [5.41, 5.74) is 6.23. The van der Waals surface area contributed by atoms with Crippen LogP contribution in [-0.2, 0) is 9.59 Å². The standard InChI is InChI=1S/C16H18ClN5O2S2/c17-10-4-3-5-11(8-10)19-15-20-21-16(26-15)25-9-13(23)22-7-2-1-6-12(22)14(18)24/h3-5,8,12H,1-2,6-7,9H2,(H2,18,24)(H,19,20)/t12-/m1/s1. The summed E-state index contributed by atoms with van der Waals surface area (Å²) in [5, 5.41) is 12.5. The lowest BCUT2D eigenvalue weighted by atomic mass is 10.0. The average Bonchev–Trinajstić information content (AvgIpc) is 3.07. The van der Waals surface area contributed by atoms with Gasteiger partial charge >= 0.3 is 0 Å². The number of hydrogen-bond acceptors (Lipinski definition) is 7. The zero-order valence-electron chi connectivity index (χ0n) is 13.9. The van der Waals surface area contributed by atoms with Crippen molar-refractivity contribution in [3.05, 3.63) is 29.3 Å². The van der Waals surface area contributed by atoms with E-state index in [1.54, 1.807) is 17.0 Å². The molecule has 1 fully saturated rings. The van der Waals surface area contributed by atoms with Gasteiger partial charge in [-0.15, -0.1) is 10.2 Å². The molecule has 1 aliphatic heterocycles. The molecule has 1 saturated heterocycles. The second-order valence-corrected chi connectivity index (χ2v) is 8.43. The number of thioether (sulfide) groups is 1. The largest absolute Gasteiger partial charge is 0.368 e. The van der Waals surface area contributed by atoms with Gasteiger partial charge in [0.2, 0.25) is 16.9 Å². The average molecular weight is 412 g/mol. The fourth-order valence-corrected chi connectivity index (χ4v) is 4.59. The summed E-state index contributed by atoms with van der Waals surface area (Å²) in [6.45, 7) is 0.574. The van der Waals surface area contributed by atoms with Gasteiger partial charge in [0.15, 0.2) is 4.34 Å². The minimum Gasteiger partial charge on any atom is -0.368 e. The molecule has 2 heterocycles. The number of halogens is 1. The van der Waals surface area contributed by atoms with Crippen LogP contribution >= 0.6 is 34.7 Å². The molecule has 0 unspecified atom stereocenters. The Labute approximate surface area is 164 Å². The number of nitrogens with zero attached hydrogens (tertiary/aromatic N) is 3. The van der Waals surface area contributed by atoms with E-state index < -0.39 is 11.9 Å². The van der Waals surface area contributed by atoms with E-state index in [1.807, 2.05) is 12.1 Å². The van der Waals surface area contributed by atoms with Crippen molar-refractivity contribution in [3.63, 3.8) is 0 Å². The number of piperidine rings is 1. The highest BCUT2D eigenvalue weighted by Gasteiger charge is 2.30. The Hall–Kier alpha value is -1.84. The van der Waals surface area contributed by atoms with Crippen molar-refractivity contribution in [2.45, 2.75) is 29.6 Å². The van der Waals surface area contributed by atoms with E-state index in [9.17, 15) is 9.59 Å². The van der Waals surface area contributed by atoms with E-state index >= 15 is 0 Å². The van der Waals surface area contributed by atoms with Gasteiger partial charge in [-0.25, -0.2) is 0 Å². The van der Waals surface area contributed by atoms with E-state index in [1.165, 1.54) is 23.1 Å². The van der Waals surface area contributed by atoms with Crippen molar-refractivity contribution in [1.29, 1.82) is 0 Å². The number of benzene rings is 1. The van der Waals surface area contributed by atoms with Crippen molar-refractivity contribution in [1.82, 2.24) is 15.1 Å². The van der Waals surface area contributed by atoms with Crippen molar-refractivity contribution >= 4 is 57.3 Å². The molecule has 0 spiro atoms. The number of carbonyl (C=O) groups excluding carboxylic acids is 2. The van der Waals surface area contributed by atoms with Crippen molar-refractivity contribution in [2.24, 2.45) is 5.73 Å². The zero-order valence-corrected chi connectivity index (χ0v) is 16.2. The molecule has 0 saturated carbocycles. The minimum atomic E-state index is -0.494. The Morgan fingerprint density at radius 3 is 3.00 bits per heavy atom. The maximum Gasteiger partial charge on any atom is 0.240 e. The van der Waals surface area contributed by atoms with E-state index in [0.717, 1.165) is 18.5 Å². The highest BCUT2D eigenvalue weighted by molar-refractivity contribution is 8.01. The minimum absolute atomic E-state index is 0.0990. The summed E-state index contributed by atoms with van der Waals surface area (Å²) in [6.07, 6.45) is 2.45. The van der Waals surface area contributed by atoms with Crippen molar-refractivity contribution in [3.8, 4) is 0 Å². The second kappa shape index (κ2) is 8.70. The SMILES string of the molecule is NC(=O)[C@H]1CCCCN1C(=O)CSc1nnc(Nc2cccc(Cl)c2)s1. The van der Waals surface area contributed by atoms with Crippen LogP contribution in [0.3, 0.4) is 0 Å². The molecule has 3 rings (SSSR count). The highest BCUT2D eigenvalue weighted by Crippen LogP contribution is 2.29. The van der Waals surface area contributed by atoms with Crippen LogP contribution in [0.25, 0.3) is 0 Å². The van der Waals surface area contributed by atoms with Crippen LogP contribution < -0.4 is 11.1 Å². The van der Waals surface area contributed by atoms with Gasteiger partial charge in [0.05, 0.1) is 5.75 Å². The first kappa shape index (κ1) is 18.9. The van der Waals surface area contributed by atoms with Gasteiger partial charge < -0.3 is 16.0 Å². The molecule has 1 aromatic heterocycles. The number of carbonyl (C=O) groups is 2. The number of likely N-dealkylation sites (tertiary alicyclic amines) is 1. The molecule has 10 heteroatoms. The Morgan fingerprint density at radius 1 is 1.38 bits per heavy atom. The number of aromatic nitrogens is 2. The molecule has 2 amide bonds. The fourth-order valence-electron chi connectivity index (χ4n) is 2.74. The van der Waals surface area contributed by atoms with Gasteiger partial charge in [-0.3, -0.25) is 9.59 Å². The maximum absolute atomic E-state index is 12.4. The Balaban J connectivity index is 1.55. The topological polar surface area (TPSA) is 101 Å². The van der Waals surface area contributed by atoms with E-state index in [4.69, 9.17) is 17.3 Å². The van der Waals surface area contributed by atoms with Gasteiger partial charge in [-0.2, -0.15) is 0 Å². The molecule has 138 valence electrons. The first-order valence-corrected chi connectivity index (χ1v) is 10.3. The number of primary amides is 1. The quantitative estimate of drug-likeness (QED) is 0.708. The van der Waals surface area contributed by atoms with E-state index in [-0.39, 0.29) is 11.7 Å². The molecule has 7 nitrogen and oxygen atoms in total. The second-order valence-electron chi connectivity index (χ2n) is 5.80. The third-order valence-corrected chi connectivity index (χ3v) is 6.14. The maximum atomic E-state index is 12.4. The lowest BCUT2D eigenvalue weighted by Gasteiger charge is -2.33. The van der Waals surface area contributed by atoms with Crippen LogP contribution in [0.1, 0.15) is 19.3 Å². The van der Waals surface area contributed by atoms with Gasteiger partial charge in [-0.05, 0) is 37.5 Å². The predicted octanol–water partition coefficient (Wildman–Crippen LogP) is 2.89. The predicted molar refractivity (Wildman–Crippen MR) is 104 cm³/mol.